The first-order chi connectivity index (χ1) is 13.4. The summed E-state index contributed by atoms with van der Waals surface area (Å²) in [6, 6.07) is 8.39. The number of nitrogens with one attached hydrogen (secondary N) is 2. The van der Waals surface area contributed by atoms with Gasteiger partial charge in [0.1, 0.15) is 0 Å². The van der Waals surface area contributed by atoms with E-state index >= 15 is 0 Å². The molecule has 0 aromatic heterocycles. The molecule has 1 aliphatic rings. The van der Waals surface area contributed by atoms with Crippen LogP contribution in [0.25, 0.3) is 0 Å². The van der Waals surface area contributed by atoms with E-state index in [1.54, 1.807) is 7.11 Å². The molecule has 0 radical (unpaired) electrons. The Morgan fingerprint density at radius 2 is 1.68 bits per heavy atom. The Labute approximate surface area is 167 Å². The lowest BCUT2D eigenvalue weighted by Crippen LogP contribution is -2.50. The van der Waals surface area contributed by atoms with Gasteiger partial charge in [0, 0.05) is 66.2 Å². The standard InChI is InChI=1S/C20H33N5O3/c1-23(2)17-7-5-16(6-8-17)18(25-12-10-24(3)11-13-25)15-22-20(27)19(26)21-9-14-28-4/h5-8,18H,9-15H2,1-4H3,(H,21,26)(H,22,27). The summed E-state index contributed by atoms with van der Waals surface area (Å²) in [5.41, 5.74) is 2.26. The van der Waals surface area contributed by atoms with Crippen LogP contribution in [0.15, 0.2) is 24.3 Å². The average molecular weight is 392 g/mol. The van der Waals surface area contributed by atoms with Crippen LogP contribution in [0.3, 0.4) is 0 Å². The van der Waals surface area contributed by atoms with Crippen LogP contribution in [0.1, 0.15) is 11.6 Å². The lowest BCUT2D eigenvalue weighted by Gasteiger charge is -2.38. The second-order valence-electron chi connectivity index (χ2n) is 7.30. The molecule has 2 rings (SSSR count). The first kappa shape index (κ1) is 22.1. The fourth-order valence-corrected chi connectivity index (χ4v) is 3.20. The number of hydrogen-bond donors (Lipinski definition) is 2. The summed E-state index contributed by atoms with van der Waals surface area (Å²) in [6.45, 7) is 4.90. The Bertz CT molecular complexity index is 627. The zero-order valence-electron chi connectivity index (χ0n) is 17.4. The molecule has 1 aliphatic heterocycles. The van der Waals surface area contributed by atoms with Crippen molar-refractivity contribution >= 4 is 17.5 Å². The Morgan fingerprint density at radius 3 is 2.25 bits per heavy atom. The van der Waals surface area contributed by atoms with Gasteiger partial charge in [0.25, 0.3) is 0 Å². The van der Waals surface area contributed by atoms with Gasteiger partial charge < -0.3 is 25.2 Å². The molecule has 0 spiro atoms. The summed E-state index contributed by atoms with van der Waals surface area (Å²) >= 11 is 0. The van der Waals surface area contributed by atoms with E-state index in [2.05, 4.69) is 56.6 Å². The van der Waals surface area contributed by atoms with Crippen LogP contribution < -0.4 is 15.5 Å². The normalized spacial score (nSPS) is 16.4. The number of carbonyl (C=O) groups excluding carboxylic acids is 2. The van der Waals surface area contributed by atoms with Crippen LogP contribution in [0.4, 0.5) is 5.69 Å². The van der Waals surface area contributed by atoms with Gasteiger partial charge in [-0.15, -0.1) is 0 Å². The van der Waals surface area contributed by atoms with Crippen LogP contribution in [-0.4, -0.2) is 95.7 Å². The lowest BCUT2D eigenvalue weighted by atomic mass is 10.0. The maximum atomic E-state index is 12.2. The van der Waals surface area contributed by atoms with Gasteiger partial charge in [-0.3, -0.25) is 14.5 Å². The van der Waals surface area contributed by atoms with Gasteiger partial charge in [0.05, 0.1) is 12.6 Å². The molecule has 28 heavy (non-hydrogen) atoms. The van der Waals surface area contributed by atoms with E-state index in [1.807, 2.05) is 14.1 Å². The van der Waals surface area contributed by atoms with Crippen molar-refractivity contribution in [3.63, 3.8) is 0 Å². The molecule has 8 heteroatoms. The van der Waals surface area contributed by atoms with E-state index in [0.717, 1.165) is 37.4 Å². The maximum Gasteiger partial charge on any atom is 0.309 e. The third-order valence-electron chi connectivity index (χ3n) is 5.03. The highest BCUT2D eigenvalue weighted by atomic mass is 16.5. The SMILES string of the molecule is COCCNC(=O)C(=O)NCC(c1ccc(N(C)C)cc1)N1CCN(C)CC1. The van der Waals surface area contributed by atoms with Gasteiger partial charge in [-0.2, -0.15) is 0 Å². The van der Waals surface area contributed by atoms with Gasteiger partial charge in [-0.1, -0.05) is 12.1 Å². The molecular weight excluding hydrogens is 358 g/mol. The predicted octanol–water partition coefficient (Wildman–Crippen LogP) is -0.0801. The molecule has 0 aliphatic carbocycles. The number of methoxy groups -OCH3 is 1. The largest absolute Gasteiger partial charge is 0.383 e. The molecule has 2 N–H and O–H groups in total. The minimum atomic E-state index is -0.628. The molecule has 0 saturated carbocycles. The summed E-state index contributed by atoms with van der Waals surface area (Å²) < 4.78 is 4.88. The predicted molar refractivity (Wildman–Crippen MR) is 110 cm³/mol. The first-order valence-corrected chi connectivity index (χ1v) is 9.67. The van der Waals surface area contributed by atoms with Gasteiger partial charge >= 0.3 is 11.8 Å². The number of piperazine rings is 1. The van der Waals surface area contributed by atoms with Crippen molar-refractivity contribution in [2.45, 2.75) is 6.04 Å². The number of nitrogens with zero attached hydrogens (tertiary/aromatic N) is 3. The fraction of sp³-hybridized carbons (Fsp3) is 0.600. The molecule has 1 unspecified atom stereocenters. The zero-order chi connectivity index (χ0) is 20.5. The highest BCUT2D eigenvalue weighted by molar-refractivity contribution is 6.35. The summed E-state index contributed by atoms with van der Waals surface area (Å²) in [4.78, 5) is 30.8. The molecule has 0 bridgehead atoms. The molecule has 1 heterocycles. The second-order valence-corrected chi connectivity index (χ2v) is 7.30. The number of hydrogen-bond acceptors (Lipinski definition) is 6. The summed E-state index contributed by atoms with van der Waals surface area (Å²) in [7, 11) is 7.68. The Hall–Kier alpha value is -2.16. The van der Waals surface area contributed by atoms with Crippen molar-refractivity contribution < 1.29 is 14.3 Å². The van der Waals surface area contributed by atoms with Gasteiger partial charge in [0.2, 0.25) is 0 Å². The fourth-order valence-electron chi connectivity index (χ4n) is 3.20. The van der Waals surface area contributed by atoms with Crippen LogP contribution in [0, 0.1) is 0 Å². The van der Waals surface area contributed by atoms with E-state index in [9.17, 15) is 9.59 Å². The number of benzene rings is 1. The van der Waals surface area contributed by atoms with E-state index in [4.69, 9.17) is 4.74 Å². The van der Waals surface area contributed by atoms with Crippen molar-refractivity contribution in [1.82, 2.24) is 20.4 Å². The van der Waals surface area contributed by atoms with Crippen LogP contribution >= 0.6 is 0 Å². The van der Waals surface area contributed by atoms with Crippen molar-refractivity contribution in [1.29, 1.82) is 0 Å². The Morgan fingerprint density at radius 1 is 1.07 bits per heavy atom. The monoisotopic (exact) mass is 391 g/mol. The van der Waals surface area contributed by atoms with Crippen molar-refractivity contribution in [3.8, 4) is 0 Å². The molecule has 156 valence electrons. The number of carbonyl (C=O) groups is 2. The molecule has 2 amide bonds. The van der Waals surface area contributed by atoms with E-state index < -0.39 is 11.8 Å². The van der Waals surface area contributed by atoms with Crippen molar-refractivity contribution in [2.24, 2.45) is 0 Å². The van der Waals surface area contributed by atoms with Gasteiger partial charge in [-0.25, -0.2) is 0 Å². The molecule has 1 aromatic carbocycles. The van der Waals surface area contributed by atoms with Crippen LogP contribution in [0.5, 0.6) is 0 Å². The zero-order valence-corrected chi connectivity index (χ0v) is 17.4. The van der Waals surface area contributed by atoms with E-state index in [0.29, 0.717) is 19.7 Å². The lowest BCUT2D eigenvalue weighted by molar-refractivity contribution is -0.139. The number of amides is 2. The Kier molecular flexibility index (Phi) is 8.69. The van der Waals surface area contributed by atoms with Gasteiger partial charge in [0.15, 0.2) is 0 Å². The summed E-state index contributed by atoms with van der Waals surface area (Å²) in [5, 5.41) is 5.35. The minimum Gasteiger partial charge on any atom is -0.383 e. The second kappa shape index (κ2) is 11.0. The first-order valence-electron chi connectivity index (χ1n) is 9.67. The molecule has 1 atom stereocenters. The number of rotatable bonds is 8. The molecular formula is C20H33N5O3. The van der Waals surface area contributed by atoms with Crippen LogP contribution in [0.2, 0.25) is 0 Å². The molecule has 1 aromatic rings. The maximum absolute atomic E-state index is 12.2. The third kappa shape index (κ3) is 6.47. The number of likely N-dealkylation sites (N-methyl/N-ethyl adjacent to an activating group) is 1. The van der Waals surface area contributed by atoms with Crippen molar-refractivity contribution in [2.75, 3.05) is 79.0 Å². The van der Waals surface area contributed by atoms with E-state index in [1.165, 1.54) is 0 Å². The molecule has 1 saturated heterocycles. The molecule has 1 fully saturated rings. The highest BCUT2D eigenvalue weighted by Gasteiger charge is 2.25. The average Bonchev–Trinajstić information content (AvgIpc) is 2.69. The quantitative estimate of drug-likeness (QED) is 0.477. The number of anilines is 1. The van der Waals surface area contributed by atoms with Crippen LogP contribution in [-0.2, 0) is 14.3 Å². The Balaban J connectivity index is 2.04. The smallest absolute Gasteiger partial charge is 0.309 e. The van der Waals surface area contributed by atoms with Gasteiger partial charge in [-0.05, 0) is 24.7 Å². The summed E-state index contributed by atoms with van der Waals surface area (Å²) in [5.74, 6) is -1.24. The highest BCUT2D eigenvalue weighted by Crippen LogP contribution is 2.24. The summed E-state index contributed by atoms with van der Waals surface area (Å²) in [6.07, 6.45) is 0. The minimum absolute atomic E-state index is 0.0284. The molecule has 8 nitrogen and oxygen atoms in total. The topological polar surface area (TPSA) is 77.1 Å². The third-order valence-corrected chi connectivity index (χ3v) is 5.03. The number of ether oxygens (including phenoxy) is 1. The van der Waals surface area contributed by atoms with E-state index in [-0.39, 0.29) is 6.04 Å². The van der Waals surface area contributed by atoms with Crippen molar-refractivity contribution in [3.05, 3.63) is 29.8 Å².